The summed E-state index contributed by atoms with van der Waals surface area (Å²) in [5.41, 5.74) is 0.495. The molecule has 0 bridgehead atoms. The molecule has 0 heterocycles. The maximum absolute atomic E-state index is 13.3. The van der Waals surface area contributed by atoms with Crippen molar-refractivity contribution >= 4 is 17.3 Å². The van der Waals surface area contributed by atoms with Crippen molar-refractivity contribution in [3.8, 4) is 11.8 Å². The number of hydrogen-bond donors (Lipinski definition) is 0. The topological polar surface area (TPSA) is 76.2 Å². The Kier molecular flexibility index (Phi) is 4.36. The van der Waals surface area contributed by atoms with E-state index in [0.717, 1.165) is 6.07 Å². The first-order valence-electron chi connectivity index (χ1n) is 5.76. The molecule has 2 aromatic carbocycles. The summed E-state index contributed by atoms with van der Waals surface area (Å²) < 4.78 is 18.6. The van der Waals surface area contributed by atoms with Gasteiger partial charge in [0.05, 0.1) is 21.6 Å². The minimum atomic E-state index is -0.568. The van der Waals surface area contributed by atoms with Crippen molar-refractivity contribution in [1.82, 2.24) is 0 Å². The van der Waals surface area contributed by atoms with Gasteiger partial charge in [-0.3, -0.25) is 10.1 Å². The Morgan fingerprint density at radius 3 is 2.71 bits per heavy atom. The maximum atomic E-state index is 13.3. The lowest BCUT2D eigenvalue weighted by Gasteiger charge is -2.08. The van der Waals surface area contributed by atoms with Gasteiger partial charge >= 0.3 is 0 Å². The number of nitrogens with zero attached hydrogens (tertiary/aromatic N) is 2. The Balaban J connectivity index is 2.15. The van der Waals surface area contributed by atoms with Crippen LogP contribution in [0.15, 0.2) is 36.4 Å². The highest BCUT2D eigenvalue weighted by Crippen LogP contribution is 2.29. The van der Waals surface area contributed by atoms with Crippen molar-refractivity contribution in [2.45, 2.75) is 6.61 Å². The van der Waals surface area contributed by atoms with E-state index >= 15 is 0 Å². The van der Waals surface area contributed by atoms with Gasteiger partial charge in [-0.05, 0) is 29.8 Å². The Bertz CT molecular complexity index is 743. The summed E-state index contributed by atoms with van der Waals surface area (Å²) in [7, 11) is 0. The van der Waals surface area contributed by atoms with Crippen LogP contribution >= 0.6 is 11.6 Å². The van der Waals surface area contributed by atoms with E-state index in [1.807, 2.05) is 6.07 Å². The van der Waals surface area contributed by atoms with Gasteiger partial charge in [-0.25, -0.2) is 4.39 Å². The highest BCUT2D eigenvalue weighted by molar-refractivity contribution is 6.32. The van der Waals surface area contributed by atoms with E-state index in [0.29, 0.717) is 5.56 Å². The number of ether oxygens (including phenoxy) is 1. The SMILES string of the molecule is N#Cc1cc(F)cc(COc2ccc([N+](=O)[O-])cc2Cl)c1. The zero-order valence-corrected chi connectivity index (χ0v) is 11.3. The fourth-order valence-electron chi connectivity index (χ4n) is 1.68. The molecule has 2 rings (SSSR count). The molecule has 7 heteroatoms. The van der Waals surface area contributed by atoms with Gasteiger partial charge in [-0.2, -0.15) is 5.26 Å². The lowest BCUT2D eigenvalue weighted by atomic mass is 10.1. The van der Waals surface area contributed by atoms with Gasteiger partial charge in [0, 0.05) is 12.1 Å². The first-order valence-corrected chi connectivity index (χ1v) is 6.13. The molecule has 0 radical (unpaired) electrons. The van der Waals surface area contributed by atoms with Crippen LogP contribution in [0.1, 0.15) is 11.1 Å². The predicted molar refractivity (Wildman–Crippen MR) is 73.6 cm³/mol. The summed E-state index contributed by atoms with van der Waals surface area (Å²) in [6, 6.07) is 9.47. The van der Waals surface area contributed by atoms with Crippen molar-refractivity contribution in [2.24, 2.45) is 0 Å². The average molecular weight is 307 g/mol. The predicted octanol–water partition coefficient (Wildman–Crippen LogP) is 3.84. The van der Waals surface area contributed by atoms with Crippen LogP contribution in [-0.2, 0) is 6.61 Å². The summed E-state index contributed by atoms with van der Waals surface area (Å²) in [5, 5.41) is 19.4. The highest BCUT2D eigenvalue weighted by Gasteiger charge is 2.10. The number of hydrogen-bond acceptors (Lipinski definition) is 4. The van der Waals surface area contributed by atoms with Crippen LogP contribution in [0.4, 0.5) is 10.1 Å². The second kappa shape index (κ2) is 6.20. The number of benzene rings is 2. The van der Waals surface area contributed by atoms with E-state index in [9.17, 15) is 14.5 Å². The second-order valence-electron chi connectivity index (χ2n) is 4.12. The third-order valence-corrected chi connectivity index (χ3v) is 2.90. The van der Waals surface area contributed by atoms with E-state index < -0.39 is 10.7 Å². The van der Waals surface area contributed by atoms with Crippen LogP contribution in [0, 0.1) is 27.3 Å². The minimum Gasteiger partial charge on any atom is -0.487 e. The van der Waals surface area contributed by atoms with Gasteiger partial charge in [-0.15, -0.1) is 0 Å². The van der Waals surface area contributed by atoms with Crippen LogP contribution in [0.5, 0.6) is 5.75 Å². The van der Waals surface area contributed by atoms with Gasteiger partial charge in [0.1, 0.15) is 18.2 Å². The largest absolute Gasteiger partial charge is 0.487 e. The zero-order chi connectivity index (χ0) is 15.4. The van der Waals surface area contributed by atoms with Crippen molar-refractivity contribution in [3.05, 3.63) is 68.5 Å². The fraction of sp³-hybridized carbons (Fsp3) is 0.0714. The number of nitro benzene ring substituents is 1. The smallest absolute Gasteiger partial charge is 0.271 e. The molecule has 0 aliphatic carbocycles. The molecule has 0 fully saturated rings. The van der Waals surface area contributed by atoms with Crippen LogP contribution in [0.2, 0.25) is 5.02 Å². The lowest BCUT2D eigenvalue weighted by Crippen LogP contribution is -1.98. The molecule has 0 N–H and O–H groups in total. The van der Waals surface area contributed by atoms with Gasteiger partial charge in [0.15, 0.2) is 0 Å². The first kappa shape index (κ1) is 14.8. The number of nitro groups is 1. The molecular weight excluding hydrogens is 299 g/mol. The Hall–Kier alpha value is -2.65. The van der Waals surface area contributed by atoms with Gasteiger partial charge < -0.3 is 4.74 Å². The molecule has 0 unspecified atom stereocenters. The third-order valence-electron chi connectivity index (χ3n) is 2.61. The molecule has 0 atom stereocenters. The van der Waals surface area contributed by atoms with Crippen molar-refractivity contribution < 1.29 is 14.1 Å². The third kappa shape index (κ3) is 3.68. The van der Waals surface area contributed by atoms with Crippen LogP contribution in [-0.4, -0.2) is 4.92 Å². The Labute approximate surface area is 124 Å². The van der Waals surface area contributed by atoms with E-state index in [4.69, 9.17) is 21.6 Å². The summed E-state index contributed by atoms with van der Waals surface area (Å²) in [6.45, 7) is -0.00995. The lowest BCUT2D eigenvalue weighted by molar-refractivity contribution is -0.384. The molecule has 0 spiro atoms. The highest BCUT2D eigenvalue weighted by atomic mass is 35.5. The Morgan fingerprint density at radius 1 is 1.33 bits per heavy atom. The molecular formula is C14H8ClFN2O3. The number of nitriles is 1. The summed E-state index contributed by atoms with van der Waals surface area (Å²) in [6.07, 6.45) is 0. The monoisotopic (exact) mass is 306 g/mol. The van der Waals surface area contributed by atoms with Crippen LogP contribution in [0.25, 0.3) is 0 Å². The molecule has 21 heavy (non-hydrogen) atoms. The minimum absolute atomic E-state index is 0.00995. The van der Waals surface area contributed by atoms with Crippen molar-refractivity contribution in [2.75, 3.05) is 0 Å². The maximum Gasteiger partial charge on any atom is 0.271 e. The molecule has 0 saturated heterocycles. The summed E-state index contributed by atoms with van der Waals surface area (Å²) in [5.74, 6) is -0.299. The quantitative estimate of drug-likeness (QED) is 0.635. The first-order chi connectivity index (χ1) is 9.99. The van der Waals surface area contributed by atoms with Crippen LogP contribution in [0.3, 0.4) is 0 Å². The molecule has 0 aliphatic heterocycles. The molecule has 0 amide bonds. The van der Waals surface area contributed by atoms with Crippen LogP contribution < -0.4 is 4.74 Å². The Morgan fingerprint density at radius 2 is 2.10 bits per heavy atom. The molecule has 106 valence electrons. The molecule has 5 nitrogen and oxygen atoms in total. The van der Waals surface area contributed by atoms with E-state index in [1.165, 1.54) is 30.3 Å². The zero-order valence-electron chi connectivity index (χ0n) is 10.5. The van der Waals surface area contributed by atoms with E-state index in [1.54, 1.807) is 0 Å². The van der Waals surface area contributed by atoms with Gasteiger partial charge in [0.2, 0.25) is 0 Å². The van der Waals surface area contributed by atoms with Gasteiger partial charge in [0.25, 0.3) is 5.69 Å². The van der Waals surface area contributed by atoms with Crippen molar-refractivity contribution in [1.29, 1.82) is 5.26 Å². The average Bonchev–Trinajstić information content (AvgIpc) is 2.45. The molecule has 0 aliphatic rings. The molecule has 0 saturated carbocycles. The van der Waals surface area contributed by atoms with E-state index in [2.05, 4.69) is 0 Å². The summed E-state index contributed by atoms with van der Waals surface area (Å²) in [4.78, 5) is 10.0. The summed E-state index contributed by atoms with van der Waals surface area (Å²) >= 11 is 5.87. The number of halogens is 2. The molecule has 0 aromatic heterocycles. The molecule has 2 aromatic rings. The number of rotatable bonds is 4. The van der Waals surface area contributed by atoms with Crippen molar-refractivity contribution in [3.63, 3.8) is 0 Å². The fourth-order valence-corrected chi connectivity index (χ4v) is 1.91. The van der Waals surface area contributed by atoms with E-state index in [-0.39, 0.29) is 28.6 Å². The standard InChI is InChI=1S/C14H8ClFN2O3/c15-13-6-12(18(19)20)1-2-14(13)21-8-10-3-9(7-17)4-11(16)5-10/h1-6H,8H2. The van der Waals surface area contributed by atoms with Gasteiger partial charge in [-0.1, -0.05) is 11.6 Å². The number of non-ortho nitro benzene ring substituents is 1. The second-order valence-corrected chi connectivity index (χ2v) is 4.53. The normalized spacial score (nSPS) is 9.95.